The summed E-state index contributed by atoms with van der Waals surface area (Å²) in [6, 6.07) is -0.207. The summed E-state index contributed by atoms with van der Waals surface area (Å²) >= 11 is 0. The molecule has 5 N–H and O–H groups in total. The maximum absolute atomic E-state index is 9.98. The number of rotatable bonds is 1. The molecule has 0 amide bonds. The molecule has 13 heavy (non-hydrogen) atoms. The van der Waals surface area contributed by atoms with Gasteiger partial charge in [-0.1, -0.05) is 0 Å². The van der Waals surface area contributed by atoms with Gasteiger partial charge in [0.15, 0.2) is 0 Å². The van der Waals surface area contributed by atoms with Crippen LogP contribution in [-0.4, -0.2) is 57.4 Å². The Bertz CT molecular complexity index is 208. The molecule has 3 fully saturated rings. The molecule has 1 aliphatic carbocycles. The molecule has 3 aliphatic rings. The van der Waals surface area contributed by atoms with Crippen molar-refractivity contribution in [3.8, 4) is 0 Å². The highest BCUT2D eigenvalue weighted by Crippen LogP contribution is 2.37. The van der Waals surface area contributed by atoms with Crippen LogP contribution in [0.3, 0.4) is 0 Å². The molecule has 0 aromatic carbocycles. The molecule has 5 heteroatoms. The second kappa shape index (κ2) is 2.90. The Kier molecular flexibility index (Phi) is 2.08. The van der Waals surface area contributed by atoms with Crippen molar-refractivity contribution >= 4 is 0 Å². The van der Waals surface area contributed by atoms with Gasteiger partial charge in [-0.3, -0.25) is 0 Å². The van der Waals surface area contributed by atoms with Gasteiger partial charge in [0, 0.05) is 25.1 Å². The van der Waals surface area contributed by atoms with Crippen LogP contribution in [0.4, 0.5) is 0 Å². The van der Waals surface area contributed by atoms with Gasteiger partial charge in [0.1, 0.15) is 11.7 Å². The van der Waals surface area contributed by atoms with Crippen LogP contribution in [0, 0.1) is 5.92 Å². The third kappa shape index (κ3) is 1.12. The maximum atomic E-state index is 9.98. The highest BCUT2D eigenvalue weighted by Gasteiger charge is 2.56. The van der Waals surface area contributed by atoms with Crippen LogP contribution < -0.4 is 5.32 Å². The summed E-state index contributed by atoms with van der Waals surface area (Å²) < 4.78 is 0. The molecule has 76 valence electrons. The van der Waals surface area contributed by atoms with Crippen molar-refractivity contribution in [2.75, 3.05) is 13.2 Å². The Morgan fingerprint density at radius 3 is 2.69 bits per heavy atom. The number of piperidine rings is 2. The van der Waals surface area contributed by atoms with Crippen LogP contribution in [0.5, 0.6) is 0 Å². The van der Waals surface area contributed by atoms with E-state index < -0.39 is 17.8 Å². The van der Waals surface area contributed by atoms with Gasteiger partial charge in [0.25, 0.3) is 0 Å². The summed E-state index contributed by atoms with van der Waals surface area (Å²) in [6.45, 7) is 0.0829. The van der Waals surface area contributed by atoms with Crippen LogP contribution in [-0.2, 0) is 0 Å². The molecule has 2 heterocycles. The second-order valence-corrected chi connectivity index (χ2v) is 4.03. The number of hydrogen-bond acceptors (Lipinski definition) is 5. The van der Waals surface area contributed by atoms with E-state index in [1.807, 2.05) is 0 Å². The summed E-state index contributed by atoms with van der Waals surface area (Å²) in [5, 5.41) is 41.0. The first-order chi connectivity index (χ1) is 6.09. The minimum Gasteiger partial charge on any atom is -0.396 e. The third-order valence-electron chi connectivity index (χ3n) is 3.36. The van der Waals surface area contributed by atoms with Crippen LogP contribution in [0.1, 0.15) is 6.42 Å². The van der Waals surface area contributed by atoms with Gasteiger partial charge in [-0.05, 0) is 6.42 Å². The monoisotopic (exact) mass is 189 g/mol. The molecule has 3 rings (SSSR count). The molecule has 0 unspecified atom stereocenters. The zero-order chi connectivity index (χ0) is 9.64. The van der Waals surface area contributed by atoms with Crippen molar-refractivity contribution in [3.63, 3.8) is 0 Å². The minimum atomic E-state index is -1.37. The molecule has 2 aliphatic heterocycles. The SMILES string of the molecule is OC[C@H]1C[C@@H]2NC[C@]1(O)[C@H](O)[C@@H]2O. The fraction of sp³-hybridized carbons (Fsp3) is 1.00. The second-order valence-electron chi connectivity index (χ2n) is 4.03. The topological polar surface area (TPSA) is 93.0 Å². The van der Waals surface area contributed by atoms with Crippen molar-refractivity contribution in [2.45, 2.75) is 30.3 Å². The van der Waals surface area contributed by atoms with Gasteiger partial charge in [-0.15, -0.1) is 0 Å². The minimum absolute atomic E-state index is 0.154. The van der Waals surface area contributed by atoms with Crippen molar-refractivity contribution in [3.05, 3.63) is 0 Å². The summed E-state index contributed by atoms with van der Waals surface area (Å²) in [6.07, 6.45) is -1.57. The van der Waals surface area contributed by atoms with Gasteiger partial charge < -0.3 is 25.7 Å². The zero-order valence-electron chi connectivity index (χ0n) is 7.22. The highest BCUT2D eigenvalue weighted by atomic mass is 16.4. The van der Waals surface area contributed by atoms with Crippen LogP contribution in [0.25, 0.3) is 0 Å². The summed E-state index contributed by atoms with van der Waals surface area (Å²) in [5.74, 6) is -0.336. The van der Waals surface area contributed by atoms with Gasteiger partial charge >= 0.3 is 0 Å². The highest BCUT2D eigenvalue weighted by molar-refractivity contribution is 5.11. The van der Waals surface area contributed by atoms with Crippen molar-refractivity contribution in [1.29, 1.82) is 0 Å². The van der Waals surface area contributed by atoms with Crippen LogP contribution in [0.15, 0.2) is 0 Å². The fourth-order valence-electron chi connectivity index (χ4n) is 2.39. The van der Waals surface area contributed by atoms with E-state index in [9.17, 15) is 15.3 Å². The standard InChI is InChI=1S/C8H15NO4/c10-2-4-1-5-6(11)7(12)8(4,13)3-9-5/h4-7,9-13H,1-3H2/t4-,5+,6-,7-,8-/m1/s1. The number of fused-ring (bicyclic) bond motifs is 3. The Hall–Kier alpha value is -0.200. The Labute approximate surface area is 76.0 Å². The number of aliphatic hydroxyl groups excluding tert-OH is 3. The number of nitrogens with one attached hydrogen (secondary N) is 1. The molecule has 2 bridgehead atoms. The van der Waals surface area contributed by atoms with Crippen molar-refractivity contribution in [2.24, 2.45) is 5.92 Å². The predicted octanol–water partition coefficient (Wildman–Crippen LogP) is -2.58. The van der Waals surface area contributed by atoms with E-state index in [1.165, 1.54) is 0 Å². The largest absolute Gasteiger partial charge is 0.396 e. The Morgan fingerprint density at radius 2 is 2.08 bits per heavy atom. The Balaban J connectivity index is 2.25. The summed E-state index contributed by atoms with van der Waals surface area (Å²) in [7, 11) is 0. The average molecular weight is 189 g/mol. The van der Waals surface area contributed by atoms with E-state index in [0.29, 0.717) is 6.42 Å². The van der Waals surface area contributed by atoms with Crippen molar-refractivity contribution < 1.29 is 20.4 Å². The molecule has 0 aromatic rings. The molecule has 0 aromatic heterocycles. The zero-order valence-corrected chi connectivity index (χ0v) is 7.22. The van der Waals surface area contributed by atoms with E-state index in [-0.39, 0.29) is 25.1 Å². The normalized spacial score (nSPS) is 55.4. The van der Waals surface area contributed by atoms with E-state index >= 15 is 0 Å². The van der Waals surface area contributed by atoms with Gasteiger partial charge in [0.2, 0.25) is 0 Å². The fourth-order valence-corrected chi connectivity index (χ4v) is 2.39. The lowest BCUT2D eigenvalue weighted by Gasteiger charge is -2.54. The van der Waals surface area contributed by atoms with E-state index in [2.05, 4.69) is 5.32 Å². The molecule has 2 saturated heterocycles. The first-order valence-corrected chi connectivity index (χ1v) is 4.52. The molecule has 0 radical (unpaired) electrons. The third-order valence-corrected chi connectivity index (χ3v) is 3.36. The lowest BCUT2D eigenvalue weighted by Crippen LogP contribution is -2.74. The number of aliphatic hydroxyl groups is 4. The quantitative estimate of drug-likeness (QED) is 0.312. The van der Waals surface area contributed by atoms with Gasteiger partial charge in [0.05, 0.1) is 6.10 Å². The molecular formula is C8H15NO4. The molecule has 1 saturated carbocycles. The van der Waals surface area contributed by atoms with Crippen molar-refractivity contribution in [1.82, 2.24) is 5.32 Å². The summed E-state index contributed by atoms with van der Waals surface area (Å²) in [5.41, 5.74) is -1.37. The van der Waals surface area contributed by atoms with E-state index in [4.69, 9.17) is 5.11 Å². The first kappa shape index (κ1) is 9.36. The van der Waals surface area contributed by atoms with E-state index in [0.717, 1.165) is 0 Å². The molecule has 0 spiro atoms. The number of hydrogen-bond donors (Lipinski definition) is 5. The smallest absolute Gasteiger partial charge is 0.112 e. The predicted molar refractivity (Wildman–Crippen MR) is 43.9 cm³/mol. The van der Waals surface area contributed by atoms with Gasteiger partial charge in [-0.25, -0.2) is 0 Å². The van der Waals surface area contributed by atoms with Crippen LogP contribution in [0.2, 0.25) is 0 Å². The lowest BCUT2D eigenvalue weighted by molar-refractivity contribution is -0.218. The van der Waals surface area contributed by atoms with E-state index in [1.54, 1.807) is 0 Å². The molecule has 5 atom stereocenters. The van der Waals surface area contributed by atoms with Crippen LogP contribution >= 0.6 is 0 Å². The lowest BCUT2D eigenvalue weighted by atomic mass is 9.67. The maximum Gasteiger partial charge on any atom is 0.112 e. The molecule has 5 nitrogen and oxygen atoms in total. The molecular weight excluding hydrogens is 174 g/mol. The summed E-state index contributed by atoms with van der Waals surface area (Å²) in [4.78, 5) is 0. The average Bonchev–Trinajstić information content (AvgIpc) is 2.14. The van der Waals surface area contributed by atoms with Gasteiger partial charge in [-0.2, -0.15) is 0 Å². The first-order valence-electron chi connectivity index (χ1n) is 4.52. The Morgan fingerprint density at radius 1 is 1.38 bits per heavy atom.